The van der Waals surface area contributed by atoms with Crippen molar-refractivity contribution in [3.8, 4) is 44.6 Å². The van der Waals surface area contributed by atoms with E-state index in [9.17, 15) is 4.79 Å². The number of nitrogens with two attached hydrogens (primary N) is 1. The van der Waals surface area contributed by atoms with Crippen LogP contribution < -0.4 is 29.4 Å². The van der Waals surface area contributed by atoms with Gasteiger partial charge in [-0.1, -0.05) is 16.4 Å². The molecule has 0 fully saturated rings. The van der Waals surface area contributed by atoms with Crippen LogP contribution in [0.5, 0.6) is 23.0 Å². The number of ether oxygens (including phenoxy) is 4. The highest BCUT2D eigenvalue weighted by Gasteiger charge is 2.20. The molecule has 0 aliphatic heterocycles. The highest BCUT2D eigenvalue weighted by molar-refractivity contribution is 7.70. The first kappa shape index (κ1) is 19.1. The summed E-state index contributed by atoms with van der Waals surface area (Å²) in [4.78, 5) is 13.4. The molecule has 3 aromatic rings. The molecule has 0 atom stereocenters. The van der Waals surface area contributed by atoms with Crippen molar-refractivity contribution in [3.63, 3.8) is 0 Å². The van der Waals surface area contributed by atoms with E-state index in [0.717, 1.165) is 16.0 Å². The molecule has 0 spiro atoms. The van der Waals surface area contributed by atoms with Crippen molar-refractivity contribution >= 4 is 26.4 Å². The molecular formula is C19H19NO5S2. The zero-order valence-electron chi connectivity index (χ0n) is 15.3. The number of anilines is 1. The predicted octanol–water partition coefficient (Wildman–Crippen LogP) is 4.12. The van der Waals surface area contributed by atoms with Crippen LogP contribution in [0.1, 0.15) is 0 Å². The van der Waals surface area contributed by atoms with Gasteiger partial charge in [-0.3, -0.25) is 4.79 Å². The average Bonchev–Trinajstić information content (AvgIpc) is 3.08. The molecule has 2 N–H and O–H groups in total. The van der Waals surface area contributed by atoms with Gasteiger partial charge in [-0.05, 0) is 40.2 Å². The number of rotatable bonds is 6. The van der Waals surface area contributed by atoms with Gasteiger partial charge in [-0.25, -0.2) is 0 Å². The minimum absolute atomic E-state index is 0.0340. The van der Waals surface area contributed by atoms with Gasteiger partial charge in [0.15, 0.2) is 11.5 Å². The Morgan fingerprint density at radius 3 is 1.93 bits per heavy atom. The molecule has 0 bridgehead atoms. The highest BCUT2D eigenvalue weighted by atomic mass is 32.9. The van der Waals surface area contributed by atoms with Gasteiger partial charge in [0.25, 0.3) is 4.74 Å². The Kier molecular flexibility index (Phi) is 5.57. The van der Waals surface area contributed by atoms with Gasteiger partial charge >= 0.3 is 0 Å². The van der Waals surface area contributed by atoms with E-state index in [1.807, 2.05) is 18.2 Å². The standard InChI is InChI=1S/C19H19NO5S2/c1-22-13-6-5-10(7-12(13)20)16-18(26-27-19(16)21)11-8-14(23-2)17(25-4)15(9-11)24-3/h5-9H,20H2,1-4H3. The van der Waals surface area contributed by atoms with Crippen LogP contribution in [-0.4, -0.2) is 28.4 Å². The van der Waals surface area contributed by atoms with Gasteiger partial charge in [0, 0.05) is 5.56 Å². The number of nitrogen functional groups attached to an aromatic ring is 1. The highest BCUT2D eigenvalue weighted by Crippen LogP contribution is 2.45. The molecule has 0 aliphatic rings. The molecule has 2 aromatic carbocycles. The summed E-state index contributed by atoms with van der Waals surface area (Å²) in [5.74, 6) is 2.12. The zero-order valence-corrected chi connectivity index (χ0v) is 17.0. The fourth-order valence-electron chi connectivity index (χ4n) is 2.80. The maximum Gasteiger partial charge on any atom is 0.251 e. The van der Waals surface area contributed by atoms with Crippen LogP contribution in [0.3, 0.4) is 0 Å². The first-order chi connectivity index (χ1) is 13.0. The van der Waals surface area contributed by atoms with E-state index in [4.69, 9.17) is 24.7 Å². The Bertz CT molecular complexity index is 1000. The molecule has 27 heavy (non-hydrogen) atoms. The van der Waals surface area contributed by atoms with E-state index in [1.54, 1.807) is 40.6 Å². The second-order valence-electron chi connectivity index (χ2n) is 5.53. The topological polar surface area (TPSA) is 80.0 Å². The maximum absolute atomic E-state index is 12.6. The van der Waals surface area contributed by atoms with Crippen molar-refractivity contribution in [2.45, 2.75) is 0 Å². The summed E-state index contributed by atoms with van der Waals surface area (Å²) in [6.07, 6.45) is 0. The summed E-state index contributed by atoms with van der Waals surface area (Å²) in [6.45, 7) is 0. The number of benzene rings is 2. The van der Waals surface area contributed by atoms with Crippen LogP contribution in [0.25, 0.3) is 21.6 Å². The summed E-state index contributed by atoms with van der Waals surface area (Å²) >= 11 is 0. The fourth-order valence-corrected chi connectivity index (χ4v) is 5.10. The molecule has 0 aliphatic carbocycles. The van der Waals surface area contributed by atoms with Crippen molar-refractivity contribution in [1.82, 2.24) is 0 Å². The quantitative estimate of drug-likeness (QED) is 0.491. The van der Waals surface area contributed by atoms with E-state index < -0.39 is 0 Å². The molecule has 0 amide bonds. The fraction of sp³-hybridized carbons (Fsp3) is 0.211. The number of methoxy groups -OCH3 is 4. The third-order valence-corrected chi connectivity index (χ3v) is 6.33. The second-order valence-corrected chi connectivity index (χ2v) is 7.64. The van der Waals surface area contributed by atoms with Gasteiger partial charge in [-0.2, -0.15) is 0 Å². The van der Waals surface area contributed by atoms with E-state index in [2.05, 4.69) is 0 Å². The first-order valence-electron chi connectivity index (χ1n) is 7.91. The van der Waals surface area contributed by atoms with Crippen LogP contribution in [0.15, 0.2) is 35.1 Å². The van der Waals surface area contributed by atoms with Crippen LogP contribution in [0, 0.1) is 0 Å². The average molecular weight is 405 g/mol. The van der Waals surface area contributed by atoms with E-state index >= 15 is 0 Å². The smallest absolute Gasteiger partial charge is 0.251 e. The third-order valence-electron chi connectivity index (χ3n) is 4.08. The van der Waals surface area contributed by atoms with Crippen LogP contribution in [-0.2, 0) is 0 Å². The summed E-state index contributed by atoms with van der Waals surface area (Å²) in [5.41, 5.74) is 8.63. The zero-order chi connectivity index (χ0) is 19.6. The Balaban J connectivity index is 2.21. The predicted molar refractivity (Wildman–Crippen MR) is 110 cm³/mol. The molecule has 0 radical (unpaired) electrons. The molecule has 142 valence electrons. The Morgan fingerprint density at radius 2 is 1.41 bits per heavy atom. The molecule has 1 heterocycles. The van der Waals surface area contributed by atoms with Crippen molar-refractivity contribution in [3.05, 3.63) is 39.9 Å². The minimum atomic E-state index is -0.0340. The lowest BCUT2D eigenvalue weighted by molar-refractivity contribution is 0.324. The molecule has 1 aromatic heterocycles. The molecular weight excluding hydrogens is 386 g/mol. The minimum Gasteiger partial charge on any atom is -0.495 e. The lowest BCUT2D eigenvalue weighted by Crippen LogP contribution is -1.99. The Labute approximate surface area is 164 Å². The third kappa shape index (κ3) is 3.45. The second kappa shape index (κ2) is 7.89. The normalized spacial score (nSPS) is 10.5. The largest absolute Gasteiger partial charge is 0.495 e. The molecule has 8 heteroatoms. The molecule has 0 saturated carbocycles. The Morgan fingerprint density at radius 1 is 0.778 bits per heavy atom. The van der Waals surface area contributed by atoms with Crippen LogP contribution in [0.2, 0.25) is 0 Å². The molecule has 6 nitrogen and oxygen atoms in total. The lowest BCUT2D eigenvalue weighted by Gasteiger charge is -2.14. The van der Waals surface area contributed by atoms with Crippen molar-refractivity contribution in [2.75, 3.05) is 34.2 Å². The SMILES string of the molecule is COc1ccc(-c2c(-c3cc(OC)c(OC)c(OC)c3)ssc2=O)cc1N. The molecule has 3 rings (SSSR count). The van der Waals surface area contributed by atoms with Gasteiger partial charge in [0.05, 0.1) is 44.6 Å². The summed E-state index contributed by atoms with van der Waals surface area (Å²) in [6, 6.07) is 8.99. The van der Waals surface area contributed by atoms with Crippen LogP contribution in [0.4, 0.5) is 5.69 Å². The van der Waals surface area contributed by atoms with Gasteiger partial charge < -0.3 is 24.7 Å². The number of hydrogen-bond acceptors (Lipinski definition) is 8. The molecule has 0 saturated heterocycles. The van der Waals surface area contributed by atoms with Crippen molar-refractivity contribution < 1.29 is 18.9 Å². The van der Waals surface area contributed by atoms with E-state index in [1.165, 1.54) is 20.7 Å². The van der Waals surface area contributed by atoms with Crippen molar-refractivity contribution in [2.24, 2.45) is 0 Å². The van der Waals surface area contributed by atoms with Crippen molar-refractivity contribution in [1.29, 1.82) is 0 Å². The van der Waals surface area contributed by atoms with E-state index in [0.29, 0.717) is 34.2 Å². The molecule has 0 unspecified atom stereocenters. The summed E-state index contributed by atoms with van der Waals surface area (Å²) < 4.78 is 21.4. The van der Waals surface area contributed by atoms with E-state index in [-0.39, 0.29) is 4.74 Å². The summed E-state index contributed by atoms with van der Waals surface area (Å²) in [7, 11) is 8.79. The Hall–Kier alpha value is -2.71. The van der Waals surface area contributed by atoms with Gasteiger partial charge in [-0.15, -0.1) is 0 Å². The maximum atomic E-state index is 12.6. The monoisotopic (exact) mass is 405 g/mol. The van der Waals surface area contributed by atoms with Gasteiger partial charge in [0.1, 0.15) is 5.75 Å². The van der Waals surface area contributed by atoms with Gasteiger partial charge in [0.2, 0.25) is 5.75 Å². The number of hydrogen-bond donors (Lipinski definition) is 1. The van der Waals surface area contributed by atoms with Crippen LogP contribution >= 0.6 is 20.7 Å². The summed E-state index contributed by atoms with van der Waals surface area (Å²) in [5, 5.41) is 0. The first-order valence-corrected chi connectivity index (χ1v) is 10.1. The lowest BCUT2D eigenvalue weighted by atomic mass is 10.0.